The molecule has 0 atom stereocenters. The molecule has 0 amide bonds. The number of rotatable bonds is 5. The molecule has 1 aromatic heterocycles. The molecule has 0 saturated carbocycles. The number of carbonyl (C=O) groups is 1. The van der Waals surface area contributed by atoms with Gasteiger partial charge in [-0.15, -0.1) is 10.2 Å². The number of halogens is 5. The van der Waals surface area contributed by atoms with Crippen LogP contribution in [0.25, 0.3) is 0 Å². The summed E-state index contributed by atoms with van der Waals surface area (Å²) in [6.07, 6.45) is -5.86. The molecule has 0 aromatic carbocycles. The predicted molar refractivity (Wildman–Crippen MR) is 41.5 cm³/mol. The van der Waals surface area contributed by atoms with Gasteiger partial charge in [0.25, 0.3) is 5.89 Å². The number of hydrogen-bond acceptors (Lipinski definition) is 5. The Morgan fingerprint density at radius 3 is 2.39 bits per heavy atom. The Labute approximate surface area is 95.4 Å². The third kappa shape index (κ3) is 3.12. The highest BCUT2D eigenvalue weighted by Gasteiger charge is 2.63. The summed E-state index contributed by atoms with van der Waals surface area (Å²) in [5.74, 6) is -9.24. The Bertz CT molecular complexity index is 430. The van der Waals surface area contributed by atoms with Gasteiger partial charge in [-0.2, -0.15) is 22.0 Å². The fourth-order valence-corrected chi connectivity index (χ4v) is 0.786. The highest BCUT2D eigenvalue weighted by Crippen LogP contribution is 2.42. The van der Waals surface area contributed by atoms with Gasteiger partial charge in [0.1, 0.15) is 13.2 Å². The Kier molecular flexibility index (Phi) is 3.84. The van der Waals surface area contributed by atoms with Gasteiger partial charge in [-0.1, -0.05) is 0 Å². The summed E-state index contributed by atoms with van der Waals surface area (Å²) in [6.45, 7) is -1.47. The van der Waals surface area contributed by atoms with E-state index in [0.717, 1.165) is 0 Å². The molecular formula is C7H5F5N2O4. The van der Waals surface area contributed by atoms with Crippen LogP contribution in [0.3, 0.4) is 0 Å². The van der Waals surface area contributed by atoms with Crippen molar-refractivity contribution >= 4 is 5.97 Å². The highest BCUT2D eigenvalue weighted by atomic mass is 19.4. The minimum absolute atomic E-state index is 0.685. The molecule has 1 N–H and O–H groups in total. The smallest absolute Gasteiger partial charge is 0.463 e. The molecular weight excluding hydrogens is 271 g/mol. The van der Waals surface area contributed by atoms with Gasteiger partial charge in [0.2, 0.25) is 5.89 Å². The third-order valence-corrected chi connectivity index (χ3v) is 1.54. The summed E-state index contributed by atoms with van der Waals surface area (Å²) in [5, 5.41) is 13.6. The molecule has 1 aromatic rings. The number of ether oxygens (including phenoxy) is 1. The van der Waals surface area contributed by atoms with Gasteiger partial charge in [0.15, 0.2) is 0 Å². The summed E-state index contributed by atoms with van der Waals surface area (Å²) in [7, 11) is 0. The summed E-state index contributed by atoms with van der Waals surface area (Å²) < 4.78 is 69.5. The normalized spacial score (nSPS) is 12.7. The molecule has 11 heteroatoms. The Hall–Kier alpha value is -1.78. The van der Waals surface area contributed by atoms with Crippen molar-refractivity contribution in [3.8, 4) is 0 Å². The maximum Gasteiger partial charge on any atom is 0.463 e. The molecule has 0 unspecified atom stereocenters. The molecule has 6 nitrogen and oxygen atoms in total. The molecule has 0 saturated heterocycles. The number of aromatic nitrogens is 2. The first-order valence-corrected chi connectivity index (χ1v) is 4.21. The van der Waals surface area contributed by atoms with E-state index in [9.17, 15) is 26.7 Å². The summed E-state index contributed by atoms with van der Waals surface area (Å²) in [5.41, 5.74) is 0. The van der Waals surface area contributed by atoms with Crippen molar-refractivity contribution in [3.63, 3.8) is 0 Å². The monoisotopic (exact) mass is 276 g/mol. The van der Waals surface area contributed by atoms with Crippen LogP contribution in [0, 0.1) is 0 Å². The second kappa shape index (κ2) is 4.84. The van der Waals surface area contributed by atoms with Crippen molar-refractivity contribution in [2.75, 3.05) is 6.61 Å². The molecule has 0 aliphatic heterocycles. The molecule has 0 aliphatic rings. The van der Waals surface area contributed by atoms with Gasteiger partial charge in [0, 0.05) is 0 Å². The average Bonchev–Trinajstić information content (AvgIpc) is 2.64. The van der Waals surface area contributed by atoms with Crippen molar-refractivity contribution in [2.45, 2.75) is 18.7 Å². The topological polar surface area (TPSA) is 85.5 Å². The van der Waals surface area contributed by atoms with Crippen LogP contribution in [0.1, 0.15) is 11.8 Å². The number of carboxylic acid groups (broad SMARTS) is 1. The van der Waals surface area contributed by atoms with Crippen molar-refractivity contribution in [1.82, 2.24) is 10.2 Å². The minimum atomic E-state index is -5.86. The van der Waals surface area contributed by atoms with E-state index in [1.807, 2.05) is 0 Å². The molecule has 1 rings (SSSR count). The van der Waals surface area contributed by atoms with Gasteiger partial charge in [-0.25, -0.2) is 4.79 Å². The molecule has 0 radical (unpaired) electrons. The second-order valence-electron chi connectivity index (χ2n) is 2.96. The Morgan fingerprint density at radius 1 is 1.28 bits per heavy atom. The maximum absolute atomic E-state index is 12.7. The zero-order chi connectivity index (χ0) is 14.0. The first-order chi connectivity index (χ1) is 8.14. The van der Waals surface area contributed by atoms with Gasteiger partial charge >= 0.3 is 18.1 Å². The van der Waals surface area contributed by atoms with Crippen LogP contribution in [0.15, 0.2) is 4.42 Å². The zero-order valence-electron chi connectivity index (χ0n) is 8.37. The lowest BCUT2D eigenvalue weighted by Crippen LogP contribution is -2.34. The Balaban J connectivity index is 2.71. The fourth-order valence-electron chi connectivity index (χ4n) is 0.786. The predicted octanol–water partition coefficient (Wildman–Crippen LogP) is 1.32. The largest absolute Gasteiger partial charge is 0.480 e. The summed E-state index contributed by atoms with van der Waals surface area (Å²) in [6, 6.07) is 0. The van der Waals surface area contributed by atoms with Crippen molar-refractivity contribution < 1.29 is 41.0 Å². The van der Waals surface area contributed by atoms with Crippen LogP contribution in [-0.2, 0) is 22.1 Å². The summed E-state index contributed by atoms with van der Waals surface area (Å²) in [4.78, 5) is 10.0. The molecule has 0 fully saturated rings. The third-order valence-electron chi connectivity index (χ3n) is 1.54. The SMILES string of the molecule is O=C(O)COCc1nnc(C(F)(F)C(F)(F)F)o1. The van der Waals surface area contributed by atoms with Crippen LogP contribution < -0.4 is 0 Å². The lowest BCUT2D eigenvalue weighted by atomic mass is 10.3. The lowest BCUT2D eigenvalue weighted by Gasteiger charge is -2.14. The van der Waals surface area contributed by atoms with E-state index in [4.69, 9.17) is 5.11 Å². The van der Waals surface area contributed by atoms with Crippen LogP contribution >= 0.6 is 0 Å². The van der Waals surface area contributed by atoms with E-state index in [1.165, 1.54) is 0 Å². The molecule has 102 valence electrons. The number of aliphatic carboxylic acids is 1. The van der Waals surface area contributed by atoms with Crippen LogP contribution in [-0.4, -0.2) is 34.1 Å². The fraction of sp³-hybridized carbons (Fsp3) is 0.571. The quantitative estimate of drug-likeness (QED) is 0.816. The lowest BCUT2D eigenvalue weighted by molar-refractivity contribution is -0.297. The van der Waals surface area contributed by atoms with Gasteiger partial charge in [0.05, 0.1) is 0 Å². The standard InChI is InChI=1S/C7H5F5N2O4/c8-6(9,7(10,11)12)5-14-13-3(18-5)1-17-2-4(15)16/h1-2H2,(H,15,16). The molecule has 0 aliphatic carbocycles. The highest BCUT2D eigenvalue weighted by molar-refractivity contribution is 5.67. The van der Waals surface area contributed by atoms with E-state index >= 15 is 0 Å². The zero-order valence-corrected chi connectivity index (χ0v) is 8.37. The number of hydrogen-bond donors (Lipinski definition) is 1. The van der Waals surface area contributed by atoms with E-state index < -0.39 is 43.1 Å². The van der Waals surface area contributed by atoms with Crippen LogP contribution in [0.4, 0.5) is 22.0 Å². The van der Waals surface area contributed by atoms with Crippen molar-refractivity contribution in [1.29, 1.82) is 0 Å². The molecule has 0 spiro atoms. The van der Waals surface area contributed by atoms with Gasteiger partial charge in [-0.3, -0.25) is 0 Å². The second-order valence-corrected chi connectivity index (χ2v) is 2.96. The van der Waals surface area contributed by atoms with Gasteiger partial charge < -0.3 is 14.3 Å². The molecule has 18 heavy (non-hydrogen) atoms. The maximum atomic E-state index is 12.7. The van der Waals surface area contributed by atoms with E-state index in [-0.39, 0.29) is 0 Å². The van der Waals surface area contributed by atoms with E-state index in [1.54, 1.807) is 0 Å². The number of alkyl halides is 5. The van der Waals surface area contributed by atoms with Crippen molar-refractivity contribution in [3.05, 3.63) is 11.8 Å². The summed E-state index contributed by atoms with van der Waals surface area (Å²) >= 11 is 0. The Morgan fingerprint density at radius 2 is 1.89 bits per heavy atom. The van der Waals surface area contributed by atoms with Crippen molar-refractivity contribution in [2.24, 2.45) is 0 Å². The van der Waals surface area contributed by atoms with Crippen LogP contribution in [0.5, 0.6) is 0 Å². The minimum Gasteiger partial charge on any atom is -0.480 e. The molecule has 1 heterocycles. The molecule has 0 bridgehead atoms. The number of nitrogens with zero attached hydrogens (tertiary/aromatic N) is 2. The van der Waals surface area contributed by atoms with Gasteiger partial charge in [-0.05, 0) is 0 Å². The first-order valence-electron chi connectivity index (χ1n) is 4.21. The average molecular weight is 276 g/mol. The van der Waals surface area contributed by atoms with Crippen LogP contribution in [0.2, 0.25) is 0 Å². The van der Waals surface area contributed by atoms with E-state index in [2.05, 4.69) is 19.4 Å². The first kappa shape index (κ1) is 14.3. The number of carboxylic acids is 1. The van der Waals surface area contributed by atoms with E-state index in [0.29, 0.717) is 0 Å².